The molecule has 2 aliphatic rings. The van der Waals surface area contributed by atoms with Crippen LogP contribution in [0.4, 0.5) is 0 Å². The third-order valence-corrected chi connectivity index (χ3v) is 4.14. The molecule has 3 rings (SSSR count). The Balaban J connectivity index is 1.66. The second-order valence-corrected chi connectivity index (χ2v) is 6.03. The van der Waals surface area contributed by atoms with E-state index < -0.39 is 0 Å². The molecule has 0 spiro atoms. The Kier molecular flexibility index (Phi) is 4.64. The number of hydrogen-bond acceptors (Lipinski definition) is 5. The lowest BCUT2D eigenvalue weighted by Crippen LogP contribution is -2.33. The molecule has 1 aromatic rings. The molecule has 6 nitrogen and oxygen atoms in total. The molecule has 0 N–H and O–H groups in total. The van der Waals surface area contributed by atoms with Gasteiger partial charge >= 0.3 is 5.97 Å². The number of carbonyl (C=O) groups excluding carboxylic acids is 2. The molecule has 126 valence electrons. The number of esters is 1. The van der Waals surface area contributed by atoms with E-state index in [0.717, 1.165) is 16.8 Å². The van der Waals surface area contributed by atoms with Crippen molar-refractivity contribution in [3.8, 4) is 0 Å². The minimum Gasteiger partial charge on any atom is -0.462 e. The van der Waals surface area contributed by atoms with Crippen molar-refractivity contribution in [1.29, 1.82) is 0 Å². The summed E-state index contributed by atoms with van der Waals surface area (Å²) in [6.07, 6.45) is 4.16. The zero-order chi connectivity index (χ0) is 17.1. The summed E-state index contributed by atoms with van der Waals surface area (Å²) < 4.78 is 5.32. The highest BCUT2D eigenvalue weighted by molar-refractivity contribution is 5.83. The zero-order valence-electron chi connectivity index (χ0n) is 13.8. The molecule has 6 heteroatoms. The Labute approximate surface area is 140 Å². The fraction of sp³-hybridized carbons (Fsp3) is 0.389. The number of carbonyl (C=O) groups is 2. The molecule has 0 aromatic heterocycles. The van der Waals surface area contributed by atoms with Crippen molar-refractivity contribution in [3.05, 3.63) is 41.6 Å². The molecule has 0 radical (unpaired) electrons. The molecule has 0 saturated carbocycles. The number of amides is 1. The summed E-state index contributed by atoms with van der Waals surface area (Å²) in [5.41, 5.74) is 2.85. The van der Waals surface area contributed by atoms with Gasteiger partial charge in [-0.15, -0.1) is 0 Å². The highest BCUT2D eigenvalue weighted by Gasteiger charge is 2.29. The third-order valence-electron chi connectivity index (χ3n) is 4.14. The Morgan fingerprint density at radius 2 is 2.17 bits per heavy atom. The maximum atomic E-state index is 12.3. The summed E-state index contributed by atoms with van der Waals surface area (Å²) >= 11 is 0. The van der Waals surface area contributed by atoms with Gasteiger partial charge in [0.25, 0.3) is 0 Å². The highest BCUT2D eigenvalue weighted by atomic mass is 16.7. The van der Waals surface area contributed by atoms with Crippen LogP contribution in [0.25, 0.3) is 6.08 Å². The van der Waals surface area contributed by atoms with Gasteiger partial charge in [-0.1, -0.05) is 29.4 Å². The van der Waals surface area contributed by atoms with Gasteiger partial charge in [-0.3, -0.25) is 9.59 Å². The fourth-order valence-electron chi connectivity index (χ4n) is 2.97. The molecule has 0 aliphatic carbocycles. The van der Waals surface area contributed by atoms with E-state index in [9.17, 15) is 9.59 Å². The molecule has 0 bridgehead atoms. The van der Waals surface area contributed by atoms with Gasteiger partial charge < -0.3 is 14.5 Å². The number of rotatable bonds is 4. The van der Waals surface area contributed by atoms with Crippen molar-refractivity contribution in [3.63, 3.8) is 0 Å². The molecule has 2 atom stereocenters. The van der Waals surface area contributed by atoms with Crippen LogP contribution < -0.4 is 0 Å². The minimum atomic E-state index is -0.357. The smallest absolute Gasteiger partial charge is 0.308 e. The summed E-state index contributed by atoms with van der Waals surface area (Å²) in [6, 6.07) is 7.39. The lowest BCUT2D eigenvalue weighted by molar-refractivity contribution is -0.149. The van der Waals surface area contributed by atoms with Crippen LogP contribution in [-0.2, 0) is 19.2 Å². The summed E-state index contributed by atoms with van der Waals surface area (Å²) in [6.45, 7) is 3.53. The van der Waals surface area contributed by atoms with Crippen LogP contribution in [0.2, 0.25) is 0 Å². The molecule has 0 fully saturated rings. The molecule has 1 aromatic carbocycles. The Morgan fingerprint density at radius 3 is 2.88 bits per heavy atom. The van der Waals surface area contributed by atoms with Gasteiger partial charge in [-0.25, -0.2) is 0 Å². The van der Waals surface area contributed by atoms with Crippen LogP contribution in [0, 0.1) is 0 Å². The van der Waals surface area contributed by atoms with Crippen LogP contribution >= 0.6 is 0 Å². The van der Waals surface area contributed by atoms with Gasteiger partial charge in [0.15, 0.2) is 6.10 Å². The quantitative estimate of drug-likeness (QED) is 0.797. The Morgan fingerprint density at radius 1 is 1.38 bits per heavy atom. The van der Waals surface area contributed by atoms with E-state index in [1.54, 1.807) is 11.1 Å². The van der Waals surface area contributed by atoms with E-state index in [-0.39, 0.29) is 37.0 Å². The largest absolute Gasteiger partial charge is 0.462 e. The maximum absolute atomic E-state index is 12.3. The van der Waals surface area contributed by atoms with Crippen molar-refractivity contribution in [2.45, 2.75) is 38.8 Å². The second-order valence-electron chi connectivity index (χ2n) is 6.03. The number of ether oxygens (including phenoxy) is 1. The van der Waals surface area contributed by atoms with Crippen molar-refractivity contribution in [2.75, 3.05) is 6.61 Å². The number of fused-ring (bicyclic) bond motifs is 1. The van der Waals surface area contributed by atoms with Gasteiger partial charge in [-0.05, 0) is 24.1 Å². The number of benzene rings is 1. The third kappa shape index (κ3) is 3.48. The molecule has 2 unspecified atom stereocenters. The highest BCUT2D eigenvalue weighted by Crippen LogP contribution is 2.33. The standard InChI is InChI=1S/C18H20N2O4/c1-12-9-15(24-19-12)11-23-18(22)10-17-16-6-4-3-5-14(16)7-8-20(17)13(2)21/h3-8,15,17H,9-11H2,1-2H3. The first-order valence-corrected chi connectivity index (χ1v) is 7.95. The van der Waals surface area contributed by atoms with Crippen LogP contribution in [0.5, 0.6) is 0 Å². The fourth-order valence-corrected chi connectivity index (χ4v) is 2.97. The number of hydrogen-bond donors (Lipinski definition) is 0. The van der Waals surface area contributed by atoms with Crippen LogP contribution in [0.1, 0.15) is 43.9 Å². The second kappa shape index (κ2) is 6.86. The van der Waals surface area contributed by atoms with Crippen molar-refractivity contribution < 1.29 is 19.2 Å². The molecule has 0 saturated heterocycles. The van der Waals surface area contributed by atoms with E-state index in [1.165, 1.54) is 6.92 Å². The molecule has 2 heterocycles. The number of nitrogens with zero attached hydrogens (tertiary/aromatic N) is 2. The lowest BCUT2D eigenvalue weighted by atomic mass is 9.94. The maximum Gasteiger partial charge on any atom is 0.308 e. The summed E-state index contributed by atoms with van der Waals surface area (Å²) in [7, 11) is 0. The SMILES string of the molecule is CC(=O)N1C=Cc2ccccc2C1CC(=O)OCC1CC(C)=NO1. The van der Waals surface area contributed by atoms with E-state index in [0.29, 0.717) is 6.42 Å². The van der Waals surface area contributed by atoms with Crippen molar-refractivity contribution in [1.82, 2.24) is 4.90 Å². The van der Waals surface area contributed by atoms with Gasteiger partial charge in [-0.2, -0.15) is 0 Å². The average Bonchev–Trinajstić information content (AvgIpc) is 2.98. The molecule has 1 amide bonds. The molecule has 2 aliphatic heterocycles. The summed E-state index contributed by atoms with van der Waals surface area (Å²) in [5, 5.41) is 3.84. The van der Waals surface area contributed by atoms with Crippen LogP contribution in [0.15, 0.2) is 35.6 Å². The van der Waals surface area contributed by atoms with E-state index in [2.05, 4.69) is 5.16 Å². The minimum absolute atomic E-state index is 0.105. The number of oxime groups is 1. The van der Waals surface area contributed by atoms with Crippen LogP contribution in [0.3, 0.4) is 0 Å². The first-order valence-electron chi connectivity index (χ1n) is 7.95. The average molecular weight is 328 g/mol. The van der Waals surface area contributed by atoms with Crippen LogP contribution in [-0.4, -0.2) is 35.2 Å². The summed E-state index contributed by atoms with van der Waals surface area (Å²) in [5.74, 6) is -0.466. The molecule has 24 heavy (non-hydrogen) atoms. The van der Waals surface area contributed by atoms with Crippen molar-refractivity contribution in [2.24, 2.45) is 5.16 Å². The first-order chi connectivity index (χ1) is 11.5. The van der Waals surface area contributed by atoms with Gasteiger partial charge in [0.05, 0.1) is 18.2 Å². The monoisotopic (exact) mass is 328 g/mol. The Bertz CT molecular complexity index is 711. The normalized spacial score (nSPS) is 21.8. The van der Waals surface area contributed by atoms with E-state index >= 15 is 0 Å². The first kappa shape index (κ1) is 16.2. The van der Waals surface area contributed by atoms with E-state index in [1.807, 2.05) is 37.3 Å². The zero-order valence-corrected chi connectivity index (χ0v) is 13.8. The molecular weight excluding hydrogens is 308 g/mol. The van der Waals surface area contributed by atoms with Gasteiger partial charge in [0, 0.05) is 19.5 Å². The van der Waals surface area contributed by atoms with Gasteiger partial charge in [0.2, 0.25) is 5.91 Å². The topological polar surface area (TPSA) is 68.2 Å². The van der Waals surface area contributed by atoms with Gasteiger partial charge in [0.1, 0.15) is 6.61 Å². The summed E-state index contributed by atoms with van der Waals surface area (Å²) in [4.78, 5) is 30.9. The Hall–Kier alpha value is -2.63. The predicted octanol–water partition coefficient (Wildman–Crippen LogP) is 2.66. The van der Waals surface area contributed by atoms with E-state index in [4.69, 9.17) is 9.57 Å². The van der Waals surface area contributed by atoms with Crippen molar-refractivity contribution >= 4 is 23.7 Å². The molecular formula is C18H20N2O4. The lowest BCUT2D eigenvalue weighted by Gasteiger charge is -2.32. The predicted molar refractivity (Wildman–Crippen MR) is 88.9 cm³/mol.